The second-order valence-electron chi connectivity index (χ2n) is 5.03. The summed E-state index contributed by atoms with van der Waals surface area (Å²) < 4.78 is 5.16. The van der Waals surface area contributed by atoms with Gasteiger partial charge in [-0.3, -0.25) is 4.90 Å². The van der Waals surface area contributed by atoms with Crippen LogP contribution >= 0.6 is 0 Å². The van der Waals surface area contributed by atoms with Crippen LogP contribution in [0.4, 0.5) is 5.82 Å². The summed E-state index contributed by atoms with van der Waals surface area (Å²) in [6, 6.07) is 0. The van der Waals surface area contributed by atoms with E-state index in [1.165, 1.54) is 0 Å². The van der Waals surface area contributed by atoms with Crippen LogP contribution in [0.15, 0.2) is 17.0 Å². The van der Waals surface area contributed by atoms with E-state index in [1.807, 2.05) is 20.0 Å². The van der Waals surface area contributed by atoms with Crippen molar-refractivity contribution in [3.8, 4) is 0 Å². The zero-order valence-corrected chi connectivity index (χ0v) is 11.8. The SMILES string of the molecule is Cc1noc(CN2CCN(c3ncncc3C)CC2)n1. The Bertz CT molecular complexity index is 576. The fourth-order valence-corrected chi connectivity index (χ4v) is 2.44. The Kier molecular flexibility index (Phi) is 3.60. The summed E-state index contributed by atoms with van der Waals surface area (Å²) in [5.41, 5.74) is 1.12. The van der Waals surface area contributed by atoms with Gasteiger partial charge in [-0.25, -0.2) is 9.97 Å². The van der Waals surface area contributed by atoms with E-state index in [9.17, 15) is 0 Å². The molecule has 1 aliphatic heterocycles. The topological polar surface area (TPSA) is 71.2 Å². The van der Waals surface area contributed by atoms with Crippen molar-refractivity contribution in [3.05, 3.63) is 29.8 Å². The van der Waals surface area contributed by atoms with E-state index in [1.54, 1.807) is 6.33 Å². The van der Waals surface area contributed by atoms with Crippen LogP contribution in [0.25, 0.3) is 0 Å². The molecule has 0 N–H and O–H groups in total. The number of rotatable bonds is 3. The lowest BCUT2D eigenvalue weighted by atomic mass is 10.2. The first-order valence-electron chi connectivity index (χ1n) is 6.75. The number of piperazine rings is 1. The Labute approximate surface area is 117 Å². The standard InChI is InChI=1S/C13H18N6O/c1-10-7-14-9-15-13(10)19-5-3-18(4-6-19)8-12-16-11(2)17-20-12/h7,9H,3-6,8H2,1-2H3. The number of anilines is 1. The van der Waals surface area contributed by atoms with Crippen LogP contribution in [-0.4, -0.2) is 51.2 Å². The van der Waals surface area contributed by atoms with Gasteiger partial charge in [-0.2, -0.15) is 4.98 Å². The molecular weight excluding hydrogens is 256 g/mol. The van der Waals surface area contributed by atoms with Crippen molar-refractivity contribution in [1.82, 2.24) is 25.0 Å². The third-order valence-corrected chi connectivity index (χ3v) is 3.47. The summed E-state index contributed by atoms with van der Waals surface area (Å²) >= 11 is 0. The molecule has 0 radical (unpaired) electrons. The van der Waals surface area contributed by atoms with Crippen LogP contribution in [0.5, 0.6) is 0 Å². The van der Waals surface area contributed by atoms with Crippen LogP contribution in [0, 0.1) is 13.8 Å². The monoisotopic (exact) mass is 274 g/mol. The quantitative estimate of drug-likeness (QED) is 0.819. The fourth-order valence-electron chi connectivity index (χ4n) is 2.44. The van der Waals surface area contributed by atoms with Gasteiger partial charge in [-0.1, -0.05) is 5.16 Å². The summed E-state index contributed by atoms with van der Waals surface area (Å²) in [5, 5.41) is 3.82. The average molecular weight is 274 g/mol. The van der Waals surface area contributed by atoms with Gasteiger partial charge in [0.2, 0.25) is 5.89 Å². The fraction of sp³-hybridized carbons (Fsp3) is 0.538. The first kappa shape index (κ1) is 13.0. The van der Waals surface area contributed by atoms with Crippen molar-refractivity contribution >= 4 is 5.82 Å². The molecule has 0 spiro atoms. The lowest BCUT2D eigenvalue weighted by Gasteiger charge is -2.35. The molecule has 0 atom stereocenters. The van der Waals surface area contributed by atoms with Gasteiger partial charge < -0.3 is 9.42 Å². The molecule has 7 heteroatoms. The lowest BCUT2D eigenvalue weighted by Crippen LogP contribution is -2.46. The van der Waals surface area contributed by atoms with Crippen molar-refractivity contribution < 1.29 is 4.52 Å². The first-order valence-corrected chi connectivity index (χ1v) is 6.75. The van der Waals surface area contributed by atoms with E-state index in [0.717, 1.165) is 44.1 Å². The molecule has 0 aliphatic carbocycles. The van der Waals surface area contributed by atoms with Crippen molar-refractivity contribution in [2.75, 3.05) is 31.1 Å². The summed E-state index contributed by atoms with van der Waals surface area (Å²) in [4.78, 5) is 17.3. The highest BCUT2D eigenvalue weighted by molar-refractivity contribution is 5.44. The molecule has 1 fully saturated rings. The van der Waals surface area contributed by atoms with Gasteiger partial charge in [0.05, 0.1) is 6.54 Å². The van der Waals surface area contributed by atoms with E-state index in [0.29, 0.717) is 11.7 Å². The van der Waals surface area contributed by atoms with E-state index < -0.39 is 0 Å². The van der Waals surface area contributed by atoms with Crippen molar-refractivity contribution in [2.24, 2.45) is 0 Å². The normalized spacial score (nSPS) is 16.6. The van der Waals surface area contributed by atoms with Crippen molar-refractivity contribution in [2.45, 2.75) is 20.4 Å². The maximum absolute atomic E-state index is 5.16. The molecule has 0 saturated carbocycles. The molecule has 3 rings (SSSR count). The Morgan fingerprint density at radius 1 is 1.20 bits per heavy atom. The second-order valence-corrected chi connectivity index (χ2v) is 5.03. The predicted octanol–water partition coefficient (Wildman–Crippen LogP) is 0.799. The molecule has 0 aromatic carbocycles. The van der Waals surface area contributed by atoms with E-state index in [2.05, 4.69) is 29.9 Å². The molecule has 3 heterocycles. The summed E-state index contributed by atoms with van der Waals surface area (Å²) in [7, 11) is 0. The van der Waals surface area contributed by atoms with Crippen LogP contribution in [-0.2, 0) is 6.54 Å². The summed E-state index contributed by atoms with van der Waals surface area (Å²) in [6.07, 6.45) is 3.46. The van der Waals surface area contributed by atoms with E-state index >= 15 is 0 Å². The lowest BCUT2D eigenvalue weighted by molar-refractivity contribution is 0.215. The van der Waals surface area contributed by atoms with Crippen LogP contribution in [0.2, 0.25) is 0 Å². The van der Waals surface area contributed by atoms with Gasteiger partial charge in [0.25, 0.3) is 0 Å². The predicted molar refractivity (Wildman–Crippen MR) is 73.3 cm³/mol. The molecule has 0 unspecified atom stereocenters. The molecular formula is C13H18N6O. The van der Waals surface area contributed by atoms with Crippen molar-refractivity contribution in [3.63, 3.8) is 0 Å². The molecule has 1 saturated heterocycles. The Morgan fingerprint density at radius 2 is 2.00 bits per heavy atom. The van der Waals surface area contributed by atoms with Gasteiger partial charge >= 0.3 is 0 Å². The highest BCUT2D eigenvalue weighted by Gasteiger charge is 2.20. The summed E-state index contributed by atoms with van der Waals surface area (Å²) in [5.74, 6) is 2.41. The molecule has 0 bridgehead atoms. The number of aromatic nitrogens is 4. The minimum absolute atomic E-state index is 0.689. The number of aryl methyl sites for hydroxylation is 2. The third-order valence-electron chi connectivity index (χ3n) is 3.47. The largest absolute Gasteiger partial charge is 0.354 e. The maximum Gasteiger partial charge on any atom is 0.240 e. The molecule has 2 aromatic heterocycles. The van der Waals surface area contributed by atoms with Gasteiger partial charge in [-0.05, 0) is 13.8 Å². The molecule has 1 aliphatic rings. The number of nitrogens with zero attached hydrogens (tertiary/aromatic N) is 6. The van der Waals surface area contributed by atoms with Crippen LogP contribution in [0.1, 0.15) is 17.3 Å². The van der Waals surface area contributed by atoms with E-state index in [4.69, 9.17) is 4.52 Å². The van der Waals surface area contributed by atoms with E-state index in [-0.39, 0.29) is 0 Å². The second kappa shape index (κ2) is 5.54. The maximum atomic E-state index is 5.16. The first-order chi connectivity index (χ1) is 9.72. The highest BCUT2D eigenvalue weighted by Crippen LogP contribution is 2.17. The van der Waals surface area contributed by atoms with Crippen LogP contribution < -0.4 is 4.90 Å². The molecule has 7 nitrogen and oxygen atoms in total. The molecule has 106 valence electrons. The Balaban J connectivity index is 1.58. The average Bonchev–Trinajstić information content (AvgIpc) is 2.86. The number of hydrogen-bond acceptors (Lipinski definition) is 7. The third kappa shape index (κ3) is 2.77. The van der Waals surface area contributed by atoms with Gasteiger partial charge in [0.1, 0.15) is 12.1 Å². The Hall–Kier alpha value is -2.02. The zero-order chi connectivity index (χ0) is 13.9. The minimum atomic E-state index is 0.689. The van der Waals surface area contributed by atoms with Crippen LogP contribution in [0.3, 0.4) is 0 Å². The minimum Gasteiger partial charge on any atom is -0.354 e. The molecule has 20 heavy (non-hydrogen) atoms. The summed E-state index contributed by atoms with van der Waals surface area (Å²) in [6.45, 7) is 8.43. The molecule has 0 amide bonds. The Morgan fingerprint density at radius 3 is 2.65 bits per heavy atom. The van der Waals surface area contributed by atoms with Gasteiger partial charge in [0, 0.05) is 37.9 Å². The molecule has 2 aromatic rings. The highest BCUT2D eigenvalue weighted by atomic mass is 16.5. The van der Waals surface area contributed by atoms with Crippen molar-refractivity contribution in [1.29, 1.82) is 0 Å². The van der Waals surface area contributed by atoms with Gasteiger partial charge in [0.15, 0.2) is 5.82 Å². The van der Waals surface area contributed by atoms with Gasteiger partial charge in [-0.15, -0.1) is 0 Å². The number of hydrogen-bond donors (Lipinski definition) is 0. The zero-order valence-electron chi connectivity index (χ0n) is 11.8. The smallest absolute Gasteiger partial charge is 0.240 e.